The van der Waals surface area contributed by atoms with Crippen molar-refractivity contribution in [1.82, 2.24) is 9.78 Å². The second-order valence-corrected chi connectivity index (χ2v) is 3.44. The molecule has 0 aliphatic heterocycles. The monoisotopic (exact) mass is 222 g/mol. The van der Waals surface area contributed by atoms with Gasteiger partial charge in [-0.15, -0.1) is 5.10 Å². The van der Waals surface area contributed by atoms with Crippen molar-refractivity contribution < 1.29 is 4.74 Å². The van der Waals surface area contributed by atoms with Crippen LogP contribution < -0.4 is 4.74 Å². The summed E-state index contributed by atoms with van der Waals surface area (Å²) in [6, 6.07) is 9.31. The molecule has 0 radical (unpaired) electrons. The highest BCUT2D eigenvalue weighted by molar-refractivity contribution is 6.30. The number of halogens is 1. The molecule has 0 saturated heterocycles. The molecular weight excluding hydrogens is 212 g/mol. The Morgan fingerprint density at radius 2 is 2.00 bits per heavy atom. The molecule has 1 aromatic carbocycles. The lowest BCUT2D eigenvalue weighted by Gasteiger charge is -2.00. The van der Waals surface area contributed by atoms with Crippen LogP contribution in [0.2, 0.25) is 5.02 Å². The van der Waals surface area contributed by atoms with E-state index in [9.17, 15) is 0 Å². The van der Waals surface area contributed by atoms with Gasteiger partial charge in [0.05, 0.1) is 12.3 Å². The Bertz CT molecular complexity index is 436. The van der Waals surface area contributed by atoms with Crippen LogP contribution in [0.4, 0.5) is 0 Å². The minimum Gasteiger partial charge on any atom is -0.477 e. The molecule has 0 unspecified atom stereocenters. The van der Waals surface area contributed by atoms with E-state index in [0.29, 0.717) is 12.5 Å². The van der Waals surface area contributed by atoms with Gasteiger partial charge in [-0.1, -0.05) is 11.6 Å². The summed E-state index contributed by atoms with van der Waals surface area (Å²) in [6.45, 7) is 2.55. The minimum atomic E-state index is 0.623. The van der Waals surface area contributed by atoms with Crippen LogP contribution >= 0.6 is 11.6 Å². The Balaban J connectivity index is 2.25. The number of ether oxygens (including phenoxy) is 1. The van der Waals surface area contributed by atoms with Crippen LogP contribution in [0.3, 0.4) is 0 Å². The first kappa shape index (κ1) is 10.1. The van der Waals surface area contributed by atoms with Crippen LogP contribution in [0.1, 0.15) is 6.92 Å². The maximum absolute atomic E-state index is 5.80. The fourth-order valence-electron chi connectivity index (χ4n) is 1.27. The van der Waals surface area contributed by atoms with Gasteiger partial charge in [0.15, 0.2) is 0 Å². The predicted octanol–water partition coefficient (Wildman–Crippen LogP) is 2.92. The molecule has 1 aromatic heterocycles. The zero-order valence-electron chi connectivity index (χ0n) is 8.35. The van der Waals surface area contributed by atoms with E-state index in [1.807, 2.05) is 43.5 Å². The van der Waals surface area contributed by atoms with E-state index in [-0.39, 0.29) is 0 Å². The van der Waals surface area contributed by atoms with Crippen LogP contribution in [-0.2, 0) is 0 Å². The average Bonchev–Trinajstić information content (AvgIpc) is 2.68. The quantitative estimate of drug-likeness (QED) is 0.799. The number of nitrogens with zero attached hydrogens (tertiary/aromatic N) is 2. The maximum Gasteiger partial charge on any atom is 0.233 e. The summed E-state index contributed by atoms with van der Waals surface area (Å²) in [4.78, 5) is 0. The van der Waals surface area contributed by atoms with Crippen molar-refractivity contribution in [3.05, 3.63) is 41.6 Å². The predicted molar refractivity (Wildman–Crippen MR) is 59.7 cm³/mol. The Hall–Kier alpha value is -1.48. The molecule has 0 N–H and O–H groups in total. The molecule has 0 aliphatic carbocycles. The van der Waals surface area contributed by atoms with Crippen molar-refractivity contribution >= 4 is 11.6 Å². The molecule has 0 saturated carbocycles. The third-order valence-corrected chi connectivity index (χ3v) is 2.20. The lowest BCUT2D eigenvalue weighted by molar-refractivity contribution is 0.324. The SMILES string of the molecule is CCOc1ccn(-c2ccc(Cl)cc2)n1. The van der Waals surface area contributed by atoms with Gasteiger partial charge in [0.25, 0.3) is 0 Å². The number of rotatable bonds is 3. The van der Waals surface area contributed by atoms with Crippen molar-refractivity contribution in [2.45, 2.75) is 6.92 Å². The number of aromatic nitrogens is 2. The van der Waals surface area contributed by atoms with E-state index in [4.69, 9.17) is 16.3 Å². The summed E-state index contributed by atoms with van der Waals surface area (Å²) in [5, 5.41) is 4.97. The largest absolute Gasteiger partial charge is 0.477 e. The van der Waals surface area contributed by atoms with Crippen LogP contribution in [0.15, 0.2) is 36.5 Å². The summed E-state index contributed by atoms with van der Waals surface area (Å²) in [6.07, 6.45) is 1.86. The van der Waals surface area contributed by atoms with Gasteiger partial charge in [0.2, 0.25) is 5.88 Å². The van der Waals surface area contributed by atoms with Gasteiger partial charge in [-0.3, -0.25) is 0 Å². The first-order valence-corrected chi connectivity index (χ1v) is 5.12. The molecule has 4 heteroatoms. The first-order chi connectivity index (χ1) is 7.29. The standard InChI is InChI=1S/C11H11ClN2O/c1-2-15-11-7-8-14(13-11)10-5-3-9(12)4-6-10/h3-8H,2H2,1H3. The highest BCUT2D eigenvalue weighted by atomic mass is 35.5. The third-order valence-electron chi connectivity index (χ3n) is 1.95. The molecule has 0 atom stereocenters. The molecule has 0 aliphatic rings. The molecule has 3 nitrogen and oxygen atoms in total. The van der Waals surface area contributed by atoms with Crippen LogP contribution in [0.25, 0.3) is 5.69 Å². The Kier molecular flexibility index (Phi) is 2.92. The lowest BCUT2D eigenvalue weighted by atomic mass is 10.3. The van der Waals surface area contributed by atoms with Gasteiger partial charge < -0.3 is 4.74 Å². The van der Waals surface area contributed by atoms with Gasteiger partial charge in [-0.2, -0.15) is 0 Å². The Morgan fingerprint density at radius 3 is 2.67 bits per heavy atom. The Morgan fingerprint density at radius 1 is 1.27 bits per heavy atom. The molecular formula is C11H11ClN2O. The topological polar surface area (TPSA) is 27.1 Å². The number of hydrogen-bond acceptors (Lipinski definition) is 2. The van der Waals surface area contributed by atoms with Gasteiger partial charge >= 0.3 is 0 Å². The minimum absolute atomic E-state index is 0.623. The van der Waals surface area contributed by atoms with E-state index in [0.717, 1.165) is 10.7 Å². The smallest absolute Gasteiger partial charge is 0.233 e. The van der Waals surface area contributed by atoms with E-state index >= 15 is 0 Å². The molecule has 78 valence electrons. The summed E-state index contributed by atoms with van der Waals surface area (Å²) < 4.78 is 7.03. The fraction of sp³-hybridized carbons (Fsp3) is 0.182. The molecule has 2 aromatic rings. The van der Waals surface area contributed by atoms with Crippen molar-refractivity contribution in [2.75, 3.05) is 6.61 Å². The van der Waals surface area contributed by atoms with Gasteiger partial charge in [0.1, 0.15) is 0 Å². The summed E-state index contributed by atoms with van der Waals surface area (Å²) in [7, 11) is 0. The lowest BCUT2D eigenvalue weighted by Crippen LogP contribution is -1.96. The van der Waals surface area contributed by atoms with Crippen molar-refractivity contribution in [1.29, 1.82) is 0 Å². The van der Waals surface area contributed by atoms with E-state index < -0.39 is 0 Å². The fourth-order valence-corrected chi connectivity index (χ4v) is 1.40. The highest BCUT2D eigenvalue weighted by Gasteiger charge is 2.00. The molecule has 0 fully saturated rings. The first-order valence-electron chi connectivity index (χ1n) is 4.74. The normalized spacial score (nSPS) is 10.3. The van der Waals surface area contributed by atoms with Gasteiger partial charge in [-0.05, 0) is 31.2 Å². The van der Waals surface area contributed by atoms with E-state index in [2.05, 4.69) is 5.10 Å². The van der Waals surface area contributed by atoms with Crippen LogP contribution in [-0.4, -0.2) is 16.4 Å². The zero-order chi connectivity index (χ0) is 10.7. The molecule has 0 amide bonds. The summed E-state index contributed by atoms with van der Waals surface area (Å²) in [5.41, 5.74) is 0.963. The summed E-state index contributed by atoms with van der Waals surface area (Å²) in [5.74, 6) is 0.632. The molecule has 1 heterocycles. The van der Waals surface area contributed by atoms with Crippen molar-refractivity contribution in [3.8, 4) is 11.6 Å². The second kappa shape index (κ2) is 4.36. The van der Waals surface area contributed by atoms with Gasteiger partial charge in [-0.25, -0.2) is 4.68 Å². The maximum atomic E-state index is 5.80. The third kappa shape index (κ3) is 2.30. The van der Waals surface area contributed by atoms with Crippen molar-refractivity contribution in [2.24, 2.45) is 0 Å². The van der Waals surface area contributed by atoms with E-state index in [1.165, 1.54) is 0 Å². The Labute approximate surface area is 93.2 Å². The van der Waals surface area contributed by atoms with Crippen LogP contribution in [0.5, 0.6) is 5.88 Å². The molecule has 0 spiro atoms. The van der Waals surface area contributed by atoms with Crippen LogP contribution in [0, 0.1) is 0 Å². The molecule has 15 heavy (non-hydrogen) atoms. The average molecular weight is 223 g/mol. The number of hydrogen-bond donors (Lipinski definition) is 0. The van der Waals surface area contributed by atoms with Crippen molar-refractivity contribution in [3.63, 3.8) is 0 Å². The summed E-state index contributed by atoms with van der Waals surface area (Å²) >= 11 is 5.80. The van der Waals surface area contributed by atoms with E-state index in [1.54, 1.807) is 4.68 Å². The molecule has 0 bridgehead atoms. The highest BCUT2D eigenvalue weighted by Crippen LogP contribution is 2.15. The zero-order valence-corrected chi connectivity index (χ0v) is 9.11. The van der Waals surface area contributed by atoms with Gasteiger partial charge in [0, 0.05) is 17.3 Å². The molecule has 2 rings (SSSR count). The number of benzene rings is 1. The second-order valence-electron chi connectivity index (χ2n) is 3.01.